The minimum absolute atomic E-state index is 0.0110. The monoisotopic (exact) mass is 255 g/mol. The van der Waals surface area contributed by atoms with Crippen LogP contribution in [-0.4, -0.2) is 10.1 Å². The van der Waals surface area contributed by atoms with E-state index in [4.69, 9.17) is 16.7 Å². The molecule has 0 unspecified atom stereocenters. The van der Waals surface area contributed by atoms with Crippen molar-refractivity contribution < 1.29 is 5.11 Å². The summed E-state index contributed by atoms with van der Waals surface area (Å²) in [6.45, 7) is 0. The molecule has 0 bridgehead atoms. The number of hydrogen-bond donors (Lipinski definition) is 1. The lowest BCUT2D eigenvalue weighted by Crippen LogP contribution is -1.78. The average molecular weight is 255 g/mol. The zero-order valence-electron chi connectivity index (χ0n) is 4.31. The normalized spacial score (nSPS) is 9.56. The van der Waals surface area contributed by atoms with Gasteiger partial charge in [0.15, 0.2) is 0 Å². The molecule has 0 fully saturated rings. The Morgan fingerprint density at radius 3 is 2.78 bits per heavy atom. The second-order valence-corrected chi connectivity index (χ2v) is 2.92. The fraction of sp³-hybridized carbons (Fsp3) is 0. The van der Waals surface area contributed by atoms with Crippen molar-refractivity contribution in [3.05, 3.63) is 20.9 Å². The smallest absolute Gasteiger partial charge is 0.226 e. The molecule has 0 saturated heterocycles. The van der Waals surface area contributed by atoms with Gasteiger partial charge < -0.3 is 5.11 Å². The van der Waals surface area contributed by atoms with Crippen LogP contribution in [0.25, 0.3) is 0 Å². The van der Waals surface area contributed by atoms with Gasteiger partial charge in [0, 0.05) is 6.20 Å². The van der Waals surface area contributed by atoms with E-state index in [0.29, 0.717) is 8.59 Å². The molecule has 0 amide bonds. The Bertz CT molecular complexity index is 208. The number of aromatic hydroxyl groups is 1. The molecule has 0 spiro atoms. The molecule has 1 heterocycles. The van der Waals surface area contributed by atoms with Crippen LogP contribution in [0, 0.1) is 3.57 Å². The van der Waals surface area contributed by atoms with Crippen LogP contribution in [0.15, 0.2) is 12.3 Å². The zero-order valence-corrected chi connectivity index (χ0v) is 7.22. The number of pyridine rings is 1. The molecule has 2 nitrogen and oxygen atoms in total. The van der Waals surface area contributed by atoms with E-state index in [0.717, 1.165) is 0 Å². The topological polar surface area (TPSA) is 33.1 Å². The van der Waals surface area contributed by atoms with Crippen molar-refractivity contribution in [3.8, 4) is 5.88 Å². The van der Waals surface area contributed by atoms with Gasteiger partial charge in [-0.3, -0.25) is 0 Å². The van der Waals surface area contributed by atoms with Crippen molar-refractivity contribution in [2.45, 2.75) is 0 Å². The zero-order chi connectivity index (χ0) is 6.85. The molecular weight excluding hydrogens is 252 g/mol. The van der Waals surface area contributed by atoms with Gasteiger partial charge in [0.2, 0.25) is 5.88 Å². The van der Waals surface area contributed by atoms with Crippen LogP contribution in [-0.2, 0) is 0 Å². The number of hydrogen-bond acceptors (Lipinski definition) is 2. The summed E-state index contributed by atoms with van der Waals surface area (Å²) in [5.74, 6) is -0.0110. The van der Waals surface area contributed by atoms with E-state index < -0.39 is 0 Å². The second kappa shape index (κ2) is 2.70. The van der Waals surface area contributed by atoms with Gasteiger partial charge in [0.05, 0.1) is 8.59 Å². The Labute approximate surface area is 71.0 Å². The van der Waals surface area contributed by atoms with E-state index in [1.54, 1.807) is 6.07 Å². The standard InChI is InChI=1S/C5H3ClINO/c6-3-1-2-8-5(9)4(3)7/h1-2H,(H,8,9). The van der Waals surface area contributed by atoms with Crippen molar-refractivity contribution in [2.24, 2.45) is 0 Å². The van der Waals surface area contributed by atoms with E-state index in [2.05, 4.69) is 4.98 Å². The highest BCUT2D eigenvalue weighted by atomic mass is 127. The number of aromatic nitrogens is 1. The van der Waals surface area contributed by atoms with Crippen LogP contribution in [0.5, 0.6) is 5.88 Å². The van der Waals surface area contributed by atoms with Crippen LogP contribution >= 0.6 is 34.2 Å². The molecule has 1 aromatic heterocycles. The van der Waals surface area contributed by atoms with E-state index in [1.165, 1.54) is 6.20 Å². The average Bonchev–Trinajstić information content (AvgIpc) is 1.83. The Morgan fingerprint density at radius 1 is 1.67 bits per heavy atom. The summed E-state index contributed by atoms with van der Waals surface area (Å²) in [6.07, 6.45) is 1.46. The lowest BCUT2D eigenvalue weighted by Gasteiger charge is -1.94. The first-order chi connectivity index (χ1) is 4.22. The molecule has 1 N–H and O–H groups in total. The number of nitrogens with zero attached hydrogens (tertiary/aromatic N) is 1. The lowest BCUT2D eigenvalue weighted by molar-refractivity contribution is 0.449. The predicted octanol–water partition coefficient (Wildman–Crippen LogP) is 2.05. The molecule has 0 aliphatic carbocycles. The van der Waals surface area contributed by atoms with E-state index in [1.807, 2.05) is 22.6 Å². The first-order valence-corrected chi connectivity index (χ1v) is 3.66. The van der Waals surface area contributed by atoms with Crippen molar-refractivity contribution in [1.29, 1.82) is 0 Å². The van der Waals surface area contributed by atoms with E-state index in [9.17, 15) is 0 Å². The van der Waals surface area contributed by atoms with Gasteiger partial charge in [0.25, 0.3) is 0 Å². The summed E-state index contributed by atoms with van der Waals surface area (Å²) >= 11 is 7.53. The Morgan fingerprint density at radius 2 is 2.33 bits per heavy atom. The van der Waals surface area contributed by atoms with E-state index in [-0.39, 0.29) is 5.88 Å². The van der Waals surface area contributed by atoms with Crippen molar-refractivity contribution in [3.63, 3.8) is 0 Å². The summed E-state index contributed by atoms with van der Waals surface area (Å²) in [7, 11) is 0. The van der Waals surface area contributed by atoms with Gasteiger partial charge in [-0.1, -0.05) is 11.6 Å². The summed E-state index contributed by atoms with van der Waals surface area (Å²) in [5.41, 5.74) is 0. The van der Waals surface area contributed by atoms with Crippen molar-refractivity contribution in [1.82, 2.24) is 4.98 Å². The van der Waals surface area contributed by atoms with Crippen molar-refractivity contribution in [2.75, 3.05) is 0 Å². The molecule has 0 aromatic carbocycles. The highest BCUT2D eigenvalue weighted by Gasteiger charge is 2.00. The summed E-state index contributed by atoms with van der Waals surface area (Å²) in [4.78, 5) is 3.60. The molecule has 1 rings (SSSR count). The molecule has 4 heteroatoms. The minimum atomic E-state index is -0.0110. The highest BCUT2D eigenvalue weighted by Crippen LogP contribution is 2.23. The van der Waals surface area contributed by atoms with E-state index >= 15 is 0 Å². The third-order valence-corrected chi connectivity index (χ3v) is 2.52. The third kappa shape index (κ3) is 1.46. The molecule has 0 aliphatic heterocycles. The van der Waals surface area contributed by atoms with Gasteiger partial charge in [-0.25, -0.2) is 4.98 Å². The quantitative estimate of drug-likeness (QED) is 0.720. The summed E-state index contributed by atoms with van der Waals surface area (Å²) in [6, 6.07) is 1.63. The molecule has 9 heavy (non-hydrogen) atoms. The largest absolute Gasteiger partial charge is 0.492 e. The first-order valence-electron chi connectivity index (χ1n) is 2.21. The van der Waals surface area contributed by atoms with Gasteiger partial charge in [-0.2, -0.15) is 0 Å². The fourth-order valence-corrected chi connectivity index (χ4v) is 0.870. The number of rotatable bonds is 0. The Balaban J connectivity index is 3.25. The van der Waals surface area contributed by atoms with Gasteiger partial charge >= 0.3 is 0 Å². The molecule has 48 valence electrons. The molecule has 0 atom stereocenters. The first kappa shape index (κ1) is 7.08. The Hall–Kier alpha value is -0.0300. The minimum Gasteiger partial charge on any atom is -0.492 e. The fourth-order valence-electron chi connectivity index (χ4n) is 0.410. The summed E-state index contributed by atoms with van der Waals surface area (Å²) in [5, 5.41) is 9.43. The molecule has 0 radical (unpaired) electrons. The van der Waals surface area contributed by atoms with Crippen LogP contribution in [0.4, 0.5) is 0 Å². The maximum Gasteiger partial charge on any atom is 0.226 e. The predicted molar refractivity (Wildman–Crippen MR) is 43.6 cm³/mol. The van der Waals surface area contributed by atoms with Crippen LogP contribution in [0.3, 0.4) is 0 Å². The van der Waals surface area contributed by atoms with Crippen molar-refractivity contribution >= 4 is 34.2 Å². The SMILES string of the molecule is Oc1nccc(Cl)c1I. The van der Waals surface area contributed by atoms with Gasteiger partial charge in [-0.15, -0.1) is 0 Å². The third-order valence-electron chi connectivity index (χ3n) is 0.824. The lowest BCUT2D eigenvalue weighted by atomic mass is 10.5. The maximum atomic E-state index is 8.90. The molecule has 0 aliphatic rings. The second-order valence-electron chi connectivity index (χ2n) is 1.43. The molecule has 1 aromatic rings. The maximum absolute atomic E-state index is 8.90. The number of halogens is 2. The van der Waals surface area contributed by atoms with Crippen LogP contribution < -0.4 is 0 Å². The molecular formula is C5H3ClINO. The van der Waals surface area contributed by atoms with Gasteiger partial charge in [0.1, 0.15) is 0 Å². The Kier molecular flexibility index (Phi) is 2.13. The van der Waals surface area contributed by atoms with Crippen LogP contribution in [0.1, 0.15) is 0 Å². The summed E-state index contributed by atoms with van der Waals surface area (Å²) < 4.78 is 0.594. The van der Waals surface area contributed by atoms with Gasteiger partial charge in [-0.05, 0) is 28.7 Å². The highest BCUT2D eigenvalue weighted by molar-refractivity contribution is 14.1. The molecule has 0 saturated carbocycles. The van der Waals surface area contributed by atoms with Crippen LogP contribution in [0.2, 0.25) is 5.02 Å².